The monoisotopic (exact) mass is 321 g/mol. The second kappa shape index (κ2) is 6.11. The van der Waals surface area contributed by atoms with Crippen molar-refractivity contribution in [2.75, 3.05) is 5.32 Å². The molecular formula is C20H23N3O. The van der Waals surface area contributed by atoms with E-state index < -0.39 is 0 Å². The highest BCUT2D eigenvalue weighted by atomic mass is 16.1. The van der Waals surface area contributed by atoms with Crippen molar-refractivity contribution >= 4 is 16.9 Å². The van der Waals surface area contributed by atoms with Crippen LogP contribution in [-0.2, 0) is 6.54 Å². The van der Waals surface area contributed by atoms with Crippen LogP contribution in [0.15, 0.2) is 53.3 Å². The van der Waals surface area contributed by atoms with Crippen LogP contribution < -0.4 is 10.9 Å². The molecule has 0 bridgehead atoms. The molecule has 1 N–H and O–H groups in total. The summed E-state index contributed by atoms with van der Waals surface area (Å²) in [5.74, 6) is 0.603. The smallest absolute Gasteiger partial charge is 0.263 e. The minimum Gasteiger partial charge on any atom is -0.351 e. The number of anilines is 1. The average molecular weight is 321 g/mol. The Labute approximate surface area is 142 Å². The summed E-state index contributed by atoms with van der Waals surface area (Å²) in [5.41, 5.74) is 2.80. The number of rotatable bonds is 3. The summed E-state index contributed by atoms with van der Waals surface area (Å²) in [5, 5.41) is 4.01. The van der Waals surface area contributed by atoms with Crippen LogP contribution in [0.1, 0.15) is 31.9 Å². The molecule has 0 spiro atoms. The Kier molecular flexibility index (Phi) is 4.14. The molecule has 0 saturated carbocycles. The zero-order valence-corrected chi connectivity index (χ0v) is 14.6. The van der Waals surface area contributed by atoms with Crippen molar-refractivity contribution in [2.24, 2.45) is 0 Å². The molecule has 0 aliphatic rings. The zero-order chi connectivity index (χ0) is 17.3. The predicted octanol–water partition coefficient (Wildman–Crippen LogP) is 3.96. The van der Waals surface area contributed by atoms with Gasteiger partial charge in [-0.05, 0) is 45.4 Å². The third kappa shape index (κ3) is 3.48. The van der Waals surface area contributed by atoms with E-state index in [0.717, 1.165) is 11.1 Å². The van der Waals surface area contributed by atoms with Crippen molar-refractivity contribution in [2.45, 2.75) is 39.8 Å². The first-order chi connectivity index (χ1) is 11.3. The van der Waals surface area contributed by atoms with Crippen molar-refractivity contribution < 1.29 is 0 Å². The summed E-state index contributed by atoms with van der Waals surface area (Å²) in [4.78, 5) is 17.7. The highest BCUT2D eigenvalue weighted by Gasteiger charge is 2.16. The highest BCUT2D eigenvalue weighted by molar-refractivity contribution is 5.78. The molecule has 4 nitrogen and oxygen atoms in total. The molecule has 0 fully saturated rings. The van der Waals surface area contributed by atoms with Crippen molar-refractivity contribution in [3.63, 3.8) is 0 Å². The fourth-order valence-corrected chi connectivity index (χ4v) is 2.62. The van der Waals surface area contributed by atoms with E-state index in [1.54, 1.807) is 4.57 Å². The lowest BCUT2D eigenvalue weighted by molar-refractivity contribution is 0.609. The van der Waals surface area contributed by atoms with Gasteiger partial charge >= 0.3 is 0 Å². The van der Waals surface area contributed by atoms with Crippen LogP contribution in [0.3, 0.4) is 0 Å². The Hall–Kier alpha value is -2.62. The van der Waals surface area contributed by atoms with Gasteiger partial charge in [-0.1, -0.05) is 42.0 Å². The average Bonchev–Trinajstić information content (AvgIpc) is 2.51. The maximum atomic E-state index is 13.0. The van der Waals surface area contributed by atoms with E-state index in [1.165, 1.54) is 5.56 Å². The van der Waals surface area contributed by atoms with Gasteiger partial charge in [-0.15, -0.1) is 0 Å². The molecule has 0 radical (unpaired) electrons. The van der Waals surface area contributed by atoms with Gasteiger partial charge in [-0.2, -0.15) is 0 Å². The van der Waals surface area contributed by atoms with Crippen LogP contribution in [0.4, 0.5) is 5.95 Å². The van der Waals surface area contributed by atoms with Crippen LogP contribution in [0.5, 0.6) is 0 Å². The molecule has 1 heterocycles. The first kappa shape index (κ1) is 16.2. The maximum Gasteiger partial charge on any atom is 0.263 e. The third-order valence-electron chi connectivity index (χ3n) is 3.81. The molecule has 0 aliphatic carbocycles. The van der Waals surface area contributed by atoms with Gasteiger partial charge in [0.05, 0.1) is 17.4 Å². The van der Waals surface area contributed by atoms with Crippen LogP contribution in [-0.4, -0.2) is 15.1 Å². The predicted molar refractivity (Wildman–Crippen MR) is 99.7 cm³/mol. The number of aryl methyl sites for hydroxylation is 1. The number of aromatic nitrogens is 2. The normalized spacial score (nSPS) is 11.7. The summed E-state index contributed by atoms with van der Waals surface area (Å²) < 4.78 is 1.72. The van der Waals surface area contributed by atoms with Crippen LogP contribution in [0.25, 0.3) is 10.9 Å². The van der Waals surface area contributed by atoms with Crippen LogP contribution in [0.2, 0.25) is 0 Å². The van der Waals surface area contributed by atoms with Crippen LogP contribution >= 0.6 is 0 Å². The van der Waals surface area contributed by atoms with E-state index in [0.29, 0.717) is 17.9 Å². The lowest BCUT2D eigenvalue weighted by Crippen LogP contribution is -2.33. The highest BCUT2D eigenvalue weighted by Crippen LogP contribution is 2.17. The van der Waals surface area contributed by atoms with Gasteiger partial charge in [-0.25, -0.2) is 4.98 Å². The van der Waals surface area contributed by atoms with E-state index in [-0.39, 0.29) is 11.1 Å². The van der Waals surface area contributed by atoms with Crippen LogP contribution in [0, 0.1) is 6.92 Å². The molecule has 0 aliphatic heterocycles. The molecule has 0 saturated heterocycles. The summed E-state index contributed by atoms with van der Waals surface area (Å²) in [6, 6.07) is 15.7. The van der Waals surface area contributed by atoms with Crippen molar-refractivity contribution in [3.05, 3.63) is 70.0 Å². The molecule has 0 atom stereocenters. The number of fused-ring (bicyclic) bond motifs is 1. The molecule has 2 aromatic carbocycles. The topological polar surface area (TPSA) is 46.9 Å². The van der Waals surface area contributed by atoms with Gasteiger partial charge in [0.1, 0.15) is 0 Å². The Morgan fingerprint density at radius 1 is 1.04 bits per heavy atom. The van der Waals surface area contributed by atoms with Gasteiger partial charge in [0.25, 0.3) is 5.56 Å². The van der Waals surface area contributed by atoms with Crippen molar-refractivity contribution in [1.29, 1.82) is 0 Å². The molecule has 24 heavy (non-hydrogen) atoms. The Morgan fingerprint density at radius 3 is 2.38 bits per heavy atom. The van der Waals surface area contributed by atoms with E-state index >= 15 is 0 Å². The summed E-state index contributed by atoms with van der Waals surface area (Å²) in [7, 11) is 0. The lowest BCUT2D eigenvalue weighted by Gasteiger charge is -2.24. The molecule has 124 valence electrons. The van der Waals surface area contributed by atoms with Gasteiger partial charge < -0.3 is 5.32 Å². The van der Waals surface area contributed by atoms with Gasteiger partial charge in [-0.3, -0.25) is 9.36 Å². The second-order valence-electron chi connectivity index (χ2n) is 7.20. The molecule has 3 aromatic rings. The van der Waals surface area contributed by atoms with Gasteiger partial charge in [0.15, 0.2) is 0 Å². The molecule has 4 heteroatoms. The first-order valence-electron chi connectivity index (χ1n) is 8.17. The largest absolute Gasteiger partial charge is 0.351 e. The standard InChI is InChI=1S/C20H23N3O/c1-14-9-11-15(12-10-14)13-23-18(24)16-7-5-6-8-17(16)21-19(23)22-20(2,3)4/h5-12H,13H2,1-4H3,(H,21,22). The van der Waals surface area contributed by atoms with E-state index in [9.17, 15) is 4.79 Å². The molecule has 0 amide bonds. The van der Waals surface area contributed by atoms with Gasteiger partial charge in [0, 0.05) is 5.54 Å². The summed E-state index contributed by atoms with van der Waals surface area (Å²) in [6.07, 6.45) is 0. The fourth-order valence-electron chi connectivity index (χ4n) is 2.62. The minimum absolute atomic E-state index is 0.0204. The van der Waals surface area contributed by atoms with E-state index in [4.69, 9.17) is 0 Å². The third-order valence-corrected chi connectivity index (χ3v) is 3.81. The zero-order valence-electron chi connectivity index (χ0n) is 14.6. The maximum absolute atomic E-state index is 13.0. The Morgan fingerprint density at radius 2 is 1.71 bits per heavy atom. The quantitative estimate of drug-likeness (QED) is 0.794. The minimum atomic E-state index is -0.184. The number of benzene rings is 2. The first-order valence-corrected chi connectivity index (χ1v) is 8.17. The van der Waals surface area contributed by atoms with Crippen molar-refractivity contribution in [3.8, 4) is 0 Å². The van der Waals surface area contributed by atoms with E-state index in [2.05, 4.69) is 62.3 Å². The number of hydrogen-bond donors (Lipinski definition) is 1. The molecular weight excluding hydrogens is 298 g/mol. The van der Waals surface area contributed by atoms with Gasteiger partial charge in [0.2, 0.25) is 5.95 Å². The Bertz CT molecular complexity index is 918. The molecule has 3 rings (SSSR count). The Balaban J connectivity index is 2.15. The second-order valence-corrected chi connectivity index (χ2v) is 7.20. The summed E-state index contributed by atoms with van der Waals surface area (Å²) in [6.45, 7) is 8.73. The van der Waals surface area contributed by atoms with Crippen molar-refractivity contribution in [1.82, 2.24) is 9.55 Å². The SMILES string of the molecule is Cc1ccc(Cn2c(NC(C)(C)C)nc3ccccc3c2=O)cc1. The number of hydrogen-bond acceptors (Lipinski definition) is 3. The van der Waals surface area contributed by atoms with E-state index in [1.807, 2.05) is 24.3 Å². The fraction of sp³-hybridized carbons (Fsp3) is 0.300. The number of nitrogens with zero attached hydrogens (tertiary/aromatic N) is 2. The number of nitrogens with one attached hydrogen (secondary N) is 1. The molecule has 1 aromatic heterocycles. The number of para-hydroxylation sites is 1. The summed E-state index contributed by atoms with van der Waals surface area (Å²) >= 11 is 0. The lowest BCUT2D eigenvalue weighted by atomic mass is 10.1. The molecule has 0 unspecified atom stereocenters.